The molecule has 0 bridgehead atoms. The summed E-state index contributed by atoms with van der Waals surface area (Å²) in [4.78, 5) is 5.04. The molecule has 1 aliphatic heterocycles. The average molecular weight is 417 g/mol. The maximum atomic E-state index is 5.98. The van der Waals surface area contributed by atoms with Crippen LogP contribution in [0.5, 0.6) is 11.5 Å². The minimum absolute atomic E-state index is 0. The van der Waals surface area contributed by atoms with Gasteiger partial charge in [0.1, 0.15) is 11.5 Å². The molecule has 0 atom stereocenters. The molecule has 0 spiro atoms. The first-order valence-corrected chi connectivity index (χ1v) is 10.7. The quantitative estimate of drug-likeness (QED) is 0.588. The average Bonchev–Trinajstić information content (AvgIpc) is 3.22. The molecule has 1 fully saturated rings. The van der Waals surface area contributed by atoms with E-state index in [1.54, 1.807) is 7.11 Å². The highest BCUT2D eigenvalue weighted by Crippen LogP contribution is 2.26. The standard InChI is InChI=1S/C24H32N2O2.ClH/c1-27-23-11-8-22(9-12-23)26-16-14-25(15-17-26)13-2-3-18-28-24-10-7-20-5-4-6-21(20)19-24;/h7-12,19H,2-6,13-18H2,1H3;1H. The lowest BCUT2D eigenvalue weighted by atomic mass is 10.1. The normalized spacial score (nSPS) is 16.2. The van der Waals surface area contributed by atoms with Gasteiger partial charge in [0.2, 0.25) is 0 Å². The molecule has 0 unspecified atom stereocenters. The Morgan fingerprint density at radius 3 is 2.31 bits per heavy atom. The minimum atomic E-state index is 0. The SMILES string of the molecule is COc1ccc(N2CCN(CCCCOc3ccc4c(c3)CCC4)CC2)cc1.Cl. The molecule has 29 heavy (non-hydrogen) atoms. The first-order chi connectivity index (χ1) is 13.8. The predicted molar refractivity (Wildman–Crippen MR) is 122 cm³/mol. The van der Waals surface area contributed by atoms with Crippen LogP contribution >= 0.6 is 12.4 Å². The molecular weight excluding hydrogens is 384 g/mol. The van der Waals surface area contributed by atoms with Crippen molar-refractivity contribution in [1.29, 1.82) is 0 Å². The highest BCUT2D eigenvalue weighted by molar-refractivity contribution is 5.85. The van der Waals surface area contributed by atoms with Gasteiger partial charge in [0.05, 0.1) is 13.7 Å². The number of hydrogen-bond donors (Lipinski definition) is 0. The van der Waals surface area contributed by atoms with E-state index in [2.05, 4.69) is 40.1 Å². The summed E-state index contributed by atoms with van der Waals surface area (Å²) >= 11 is 0. The van der Waals surface area contributed by atoms with Gasteiger partial charge in [-0.1, -0.05) is 6.07 Å². The number of ether oxygens (including phenoxy) is 2. The van der Waals surface area contributed by atoms with Crippen molar-refractivity contribution in [3.63, 3.8) is 0 Å². The van der Waals surface area contributed by atoms with Gasteiger partial charge in [-0.05, 0) is 86.2 Å². The van der Waals surface area contributed by atoms with E-state index in [-0.39, 0.29) is 12.4 Å². The molecule has 1 aliphatic carbocycles. The molecule has 1 heterocycles. The van der Waals surface area contributed by atoms with E-state index in [0.29, 0.717) is 0 Å². The second kappa shape index (κ2) is 10.7. The van der Waals surface area contributed by atoms with E-state index in [9.17, 15) is 0 Å². The molecule has 0 radical (unpaired) electrons. The molecule has 158 valence electrons. The number of piperazine rings is 1. The minimum Gasteiger partial charge on any atom is -0.497 e. The fourth-order valence-electron chi connectivity index (χ4n) is 4.29. The number of halogens is 1. The first kappa shape index (κ1) is 21.8. The van der Waals surface area contributed by atoms with E-state index < -0.39 is 0 Å². The number of fused-ring (bicyclic) bond motifs is 1. The second-order valence-electron chi connectivity index (χ2n) is 7.87. The zero-order valence-electron chi connectivity index (χ0n) is 17.4. The lowest BCUT2D eigenvalue weighted by Gasteiger charge is -2.36. The van der Waals surface area contributed by atoms with Crippen molar-refractivity contribution >= 4 is 18.1 Å². The van der Waals surface area contributed by atoms with Crippen molar-refractivity contribution in [3.05, 3.63) is 53.6 Å². The zero-order chi connectivity index (χ0) is 19.2. The van der Waals surface area contributed by atoms with Gasteiger partial charge in [-0.2, -0.15) is 0 Å². The van der Waals surface area contributed by atoms with Crippen LogP contribution in [0.3, 0.4) is 0 Å². The van der Waals surface area contributed by atoms with Crippen LogP contribution in [-0.4, -0.2) is 51.3 Å². The van der Waals surface area contributed by atoms with Crippen LogP contribution in [0.25, 0.3) is 0 Å². The molecule has 0 saturated carbocycles. The third kappa shape index (κ3) is 5.80. The summed E-state index contributed by atoms with van der Waals surface area (Å²) < 4.78 is 11.2. The molecule has 2 aromatic rings. The van der Waals surface area contributed by atoms with Crippen LogP contribution in [0.1, 0.15) is 30.4 Å². The van der Waals surface area contributed by atoms with Crippen molar-refractivity contribution in [2.45, 2.75) is 32.1 Å². The monoisotopic (exact) mass is 416 g/mol. The van der Waals surface area contributed by atoms with Crippen LogP contribution in [0.4, 0.5) is 5.69 Å². The lowest BCUT2D eigenvalue weighted by Crippen LogP contribution is -2.46. The van der Waals surface area contributed by atoms with Crippen molar-refractivity contribution < 1.29 is 9.47 Å². The van der Waals surface area contributed by atoms with E-state index in [1.165, 1.54) is 49.0 Å². The number of rotatable bonds is 8. The van der Waals surface area contributed by atoms with Gasteiger partial charge in [-0.15, -0.1) is 12.4 Å². The lowest BCUT2D eigenvalue weighted by molar-refractivity contribution is 0.238. The van der Waals surface area contributed by atoms with Gasteiger partial charge in [0.15, 0.2) is 0 Å². The Kier molecular flexibility index (Phi) is 8.08. The molecule has 0 amide bonds. The topological polar surface area (TPSA) is 24.9 Å². The summed E-state index contributed by atoms with van der Waals surface area (Å²) in [5.74, 6) is 1.97. The fourth-order valence-corrected chi connectivity index (χ4v) is 4.29. The Bertz CT molecular complexity index is 758. The Morgan fingerprint density at radius 2 is 1.55 bits per heavy atom. The molecular formula is C24H33ClN2O2. The van der Waals surface area contributed by atoms with Crippen LogP contribution < -0.4 is 14.4 Å². The molecule has 4 rings (SSSR count). The zero-order valence-corrected chi connectivity index (χ0v) is 18.3. The van der Waals surface area contributed by atoms with Gasteiger partial charge >= 0.3 is 0 Å². The number of benzene rings is 2. The Morgan fingerprint density at radius 1 is 0.828 bits per heavy atom. The van der Waals surface area contributed by atoms with Gasteiger partial charge < -0.3 is 14.4 Å². The Labute approximate surface area is 181 Å². The number of methoxy groups -OCH3 is 1. The first-order valence-electron chi connectivity index (χ1n) is 10.7. The third-order valence-corrected chi connectivity index (χ3v) is 6.02. The summed E-state index contributed by atoms with van der Waals surface area (Å²) in [5, 5.41) is 0. The Hall–Kier alpha value is -1.91. The molecule has 1 saturated heterocycles. The summed E-state index contributed by atoms with van der Waals surface area (Å²) in [7, 11) is 1.71. The summed E-state index contributed by atoms with van der Waals surface area (Å²) in [6.07, 6.45) is 6.07. The Balaban J connectivity index is 0.00000240. The number of anilines is 1. The largest absolute Gasteiger partial charge is 0.497 e. The van der Waals surface area contributed by atoms with Crippen molar-refractivity contribution in [2.24, 2.45) is 0 Å². The van der Waals surface area contributed by atoms with E-state index in [4.69, 9.17) is 9.47 Å². The van der Waals surface area contributed by atoms with Crippen molar-refractivity contribution in [1.82, 2.24) is 4.90 Å². The molecule has 0 N–H and O–H groups in total. The van der Waals surface area contributed by atoms with Crippen LogP contribution in [-0.2, 0) is 12.8 Å². The molecule has 5 heteroatoms. The second-order valence-corrected chi connectivity index (χ2v) is 7.87. The fraction of sp³-hybridized carbons (Fsp3) is 0.500. The van der Waals surface area contributed by atoms with Crippen molar-refractivity contribution in [3.8, 4) is 11.5 Å². The summed E-state index contributed by atoms with van der Waals surface area (Å²) in [6, 6.07) is 15.0. The smallest absolute Gasteiger partial charge is 0.119 e. The van der Waals surface area contributed by atoms with E-state index in [0.717, 1.165) is 50.7 Å². The molecule has 0 aromatic heterocycles. The van der Waals surface area contributed by atoms with E-state index >= 15 is 0 Å². The predicted octanol–water partition coefficient (Wildman–Crippen LogP) is 4.59. The maximum Gasteiger partial charge on any atom is 0.119 e. The number of nitrogens with zero attached hydrogens (tertiary/aromatic N) is 2. The van der Waals surface area contributed by atoms with Crippen LogP contribution in [0, 0.1) is 0 Å². The summed E-state index contributed by atoms with van der Waals surface area (Å²) in [5.41, 5.74) is 4.30. The van der Waals surface area contributed by atoms with E-state index in [1.807, 2.05) is 12.1 Å². The highest BCUT2D eigenvalue weighted by atomic mass is 35.5. The number of hydrogen-bond acceptors (Lipinski definition) is 4. The summed E-state index contributed by atoms with van der Waals surface area (Å²) in [6.45, 7) is 6.46. The van der Waals surface area contributed by atoms with Crippen LogP contribution in [0.15, 0.2) is 42.5 Å². The van der Waals surface area contributed by atoms with Gasteiger partial charge in [0, 0.05) is 31.9 Å². The van der Waals surface area contributed by atoms with Crippen LogP contribution in [0.2, 0.25) is 0 Å². The highest BCUT2D eigenvalue weighted by Gasteiger charge is 2.17. The van der Waals surface area contributed by atoms with Gasteiger partial charge in [-0.3, -0.25) is 4.90 Å². The van der Waals surface area contributed by atoms with Crippen molar-refractivity contribution in [2.75, 3.05) is 51.3 Å². The van der Waals surface area contributed by atoms with Gasteiger partial charge in [-0.25, -0.2) is 0 Å². The molecule has 4 nitrogen and oxygen atoms in total. The number of aryl methyl sites for hydroxylation is 2. The van der Waals surface area contributed by atoms with Gasteiger partial charge in [0.25, 0.3) is 0 Å². The maximum absolute atomic E-state index is 5.98. The third-order valence-electron chi connectivity index (χ3n) is 6.02. The molecule has 2 aromatic carbocycles. The molecule has 2 aliphatic rings. The number of unbranched alkanes of at least 4 members (excludes halogenated alkanes) is 1.